The third-order valence-corrected chi connectivity index (χ3v) is 6.47. The summed E-state index contributed by atoms with van der Waals surface area (Å²) in [4.78, 5) is 27.1. The van der Waals surface area contributed by atoms with Gasteiger partial charge in [-0.3, -0.25) is 4.79 Å². The quantitative estimate of drug-likeness (QED) is 0.786. The number of benzene rings is 1. The first-order valence-electron chi connectivity index (χ1n) is 10.7. The fourth-order valence-electron chi connectivity index (χ4n) is 4.86. The normalized spacial score (nSPS) is 24.7. The lowest BCUT2D eigenvalue weighted by Crippen LogP contribution is -2.41. The lowest BCUT2D eigenvalue weighted by Gasteiger charge is -2.34. The zero-order valence-electron chi connectivity index (χ0n) is 17.0. The van der Waals surface area contributed by atoms with Crippen molar-refractivity contribution in [1.82, 2.24) is 19.8 Å². The minimum Gasteiger partial charge on any atom is -0.363 e. The third kappa shape index (κ3) is 3.67. The van der Waals surface area contributed by atoms with Crippen molar-refractivity contribution in [3.05, 3.63) is 58.7 Å². The van der Waals surface area contributed by atoms with E-state index in [1.165, 1.54) is 12.0 Å². The van der Waals surface area contributed by atoms with Crippen molar-refractivity contribution in [1.29, 1.82) is 0 Å². The molecule has 6 nitrogen and oxygen atoms in total. The van der Waals surface area contributed by atoms with Crippen molar-refractivity contribution >= 4 is 5.91 Å². The highest BCUT2D eigenvalue weighted by molar-refractivity contribution is 5.83. The molecule has 0 unspecified atom stereocenters. The number of aromatic nitrogens is 2. The molecule has 3 aliphatic rings. The van der Waals surface area contributed by atoms with Crippen LogP contribution in [-0.4, -0.2) is 59.0 Å². The number of piperidine rings is 1. The van der Waals surface area contributed by atoms with E-state index >= 15 is 0 Å². The fraction of sp³-hybridized carbons (Fsp3) is 0.522. The van der Waals surface area contributed by atoms with E-state index in [9.17, 15) is 4.79 Å². The summed E-state index contributed by atoms with van der Waals surface area (Å²) in [5, 5.41) is 0. The Bertz CT molecular complexity index is 916. The van der Waals surface area contributed by atoms with Crippen molar-refractivity contribution < 1.29 is 9.53 Å². The molecular formula is C23H28N4O2. The summed E-state index contributed by atoms with van der Waals surface area (Å²) in [6.07, 6.45) is 5.48. The molecular weight excluding hydrogens is 364 g/mol. The maximum absolute atomic E-state index is 13.2. The highest BCUT2D eigenvalue weighted by atomic mass is 16.5. The van der Waals surface area contributed by atoms with E-state index in [0.717, 1.165) is 55.0 Å². The zero-order valence-corrected chi connectivity index (χ0v) is 17.0. The van der Waals surface area contributed by atoms with Gasteiger partial charge < -0.3 is 14.5 Å². The molecule has 1 amide bonds. The van der Waals surface area contributed by atoms with E-state index in [4.69, 9.17) is 9.72 Å². The van der Waals surface area contributed by atoms with Crippen LogP contribution < -0.4 is 0 Å². The van der Waals surface area contributed by atoms with E-state index in [0.29, 0.717) is 25.6 Å². The number of likely N-dealkylation sites (tertiary alicyclic amines) is 1. The Balaban J connectivity index is 1.32. The molecule has 0 saturated carbocycles. The Hall–Kier alpha value is -2.31. The fourth-order valence-corrected chi connectivity index (χ4v) is 4.86. The first kappa shape index (κ1) is 18.7. The van der Waals surface area contributed by atoms with Crippen molar-refractivity contribution in [2.75, 3.05) is 33.3 Å². The number of fused-ring (bicyclic) bond motifs is 2. The van der Waals surface area contributed by atoms with Gasteiger partial charge >= 0.3 is 0 Å². The van der Waals surface area contributed by atoms with Crippen LogP contribution in [0.3, 0.4) is 0 Å². The zero-order chi connectivity index (χ0) is 19.8. The number of hydrogen-bond acceptors (Lipinski definition) is 5. The smallest absolute Gasteiger partial charge is 0.256 e. The van der Waals surface area contributed by atoms with Gasteiger partial charge in [-0.1, -0.05) is 24.3 Å². The lowest BCUT2D eigenvalue weighted by atomic mass is 9.95. The molecule has 2 atom stereocenters. The molecule has 6 heteroatoms. The van der Waals surface area contributed by atoms with Crippen LogP contribution in [0.2, 0.25) is 0 Å². The maximum atomic E-state index is 13.2. The molecule has 0 bridgehead atoms. The van der Waals surface area contributed by atoms with Crippen LogP contribution >= 0.6 is 0 Å². The van der Waals surface area contributed by atoms with Crippen LogP contribution in [0.25, 0.3) is 0 Å². The van der Waals surface area contributed by atoms with Crippen LogP contribution in [0, 0.1) is 0 Å². The Morgan fingerprint density at radius 1 is 1.17 bits per heavy atom. The van der Waals surface area contributed by atoms with Gasteiger partial charge in [-0.25, -0.2) is 9.97 Å². The van der Waals surface area contributed by atoms with E-state index < -0.39 is 6.10 Å². The van der Waals surface area contributed by atoms with Gasteiger partial charge in [-0.2, -0.15) is 0 Å². The number of likely N-dealkylation sites (N-methyl/N-ethyl adjacent to an activating group) is 1. The van der Waals surface area contributed by atoms with Gasteiger partial charge in [0, 0.05) is 43.7 Å². The molecule has 1 saturated heterocycles. The molecule has 0 spiro atoms. The first-order valence-corrected chi connectivity index (χ1v) is 10.7. The minimum atomic E-state index is -0.487. The van der Waals surface area contributed by atoms with Crippen LogP contribution in [0.4, 0.5) is 0 Å². The molecule has 0 N–H and O–H groups in total. The monoisotopic (exact) mass is 392 g/mol. The molecule has 29 heavy (non-hydrogen) atoms. The molecule has 2 aromatic rings. The average Bonchev–Trinajstić information content (AvgIpc) is 2.77. The predicted octanol–water partition coefficient (Wildman–Crippen LogP) is 2.48. The van der Waals surface area contributed by atoms with E-state index in [2.05, 4.69) is 23.0 Å². The van der Waals surface area contributed by atoms with Gasteiger partial charge in [0.05, 0.1) is 12.3 Å². The largest absolute Gasteiger partial charge is 0.363 e. The van der Waals surface area contributed by atoms with Crippen molar-refractivity contribution in [2.45, 2.75) is 44.2 Å². The first-order chi connectivity index (χ1) is 14.2. The number of ether oxygens (including phenoxy) is 1. The van der Waals surface area contributed by atoms with E-state index in [1.54, 1.807) is 0 Å². The molecule has 1 aromatic heterocycles. The second kappa shape index (κ2) is 7.84. The van der Waals surface area contributed by atoms with Crippen LogP contribution in [0.5, 0.6) is 0 Å². The van der Waals surface area contributed by atoms with Gasteiger partial charge in [-0.15, -0.1) is 0 Å². The summed E-state index contributed by atoms with van der Waals surface area (Å²) in [5.41, 5.74) is 4.42. The van der Waals surface area contributed by atoms with Crippen LogP contribution in [0.15, 0.2) is 30.5 Å². The summed E-state index contributed by atoms with van der Waals surface area (Å²) in [6.45, 7) is 4.04. The molecule has 5 rings (SSSR count). The Labute approximate surface area is 171 Å². The minimum absolute atomic E-state index is 0.0563. The molecule has 3 aliphatic heterocycles. The highest BCUT2D eigenvalue weighted by Crippen LogP contribution is 2.31. The second-order valence-corrected chi connectivity index (χ2v) is 8.51. The van der Waals surface area contributed by atoms with Crippen LogP contribution in [0.1, 0.15) is 53.1 Å². The Morgan fingerprint density at radius 2 is 2.07 bits per heavy atom. The number of nitrogens with zero attached hydrogens (tertiary/aromatic N) is 4. The summed E-state index contributed by atoms with van der Waals surface area (Å²) in [5.74, 6) is 1.45. The number of hydrogen-bond donors (Lipinski definition) is 0. The average molecular weight is 393 g/mol. The molecule has 4 heterocycles. The summed E-state index contributed by atoms with van der Waals surface area (Å²) >= 11 is 0. The summed E-state index contributed by atoms with van der Waals surface area (Å²) in [6, 6.07) is 8.13. The maximum Gasteiger partial charge on any atom is 0.256 e. The number of amides is 1. The standard InChI is InChI=1S/C23H28N4O2/c1-26-10-4-6-17(14-26)22-24-13-18-15-27(11-8-20(18)25-22)23(28)21-19-7-3-2-5-16(19)9-12-29-21/h2-3,5,7,13,17,21H,4,6,8-12,14-15H2,1H3/t17-,21-/m0/s1. The number of carbonyl (C=O) groups is 1. The SMILES string of the molecule is CN1CCC[C@H](c2ncc3c(n2)CCN(C(=O)[C@H]2OCCc4ccccc42)C3)C1. The summed E-state index contributed by atoms with van der Waals surface area (Å²) in [7, 11) is 2.17. The van der Waals surface area contributed by atoms with E-state index in [1.807, 2.05) is 29.3 Å². The van der Waals surface area contributed by atoms with Gasteiger partial charge in [0.2, 0.25) is 0 Å². The van der Waals surface area contributed by atoms with Gasteiger partial charge in [0.15, 0.2) is 6.10 Å². The molecule has 1 fully saturated rings. The molecule has 0 aliphatic carbocycles. The molecule has 152 valence electrons. The topological polar surface area (TPSA) is 58.6 Å². The number of rotatable bonds is 2. The predicted molar refractivity (Wildman–Crippen MR) is 109 cm³/mol. The molecule has 0 radical (unpaired) electrons. The van der Waals surface area contributed by atoms with Crippen molar-refractivity contribution in [3.63, 3.8) is 0 Å². The second-order valence-electron chi connectivity index (χ2n) is 8.51. The Kier molecular flexibility index (Phi) is 5.06. The van der Waals surface area contributed by atoms with Gasteiger partial charge in [0.1, 0.15) is 5.82 Å². The van der Waals surface area contributed by atoms with Crippen molar-refractivity contribution in [2.24, 2.45) is 0 Å². The van der Waals surface area contributed by atoms with Gasteiger partial charge in [-0.05, 0) is 44.0 Å². The lowest BCUT2D eigenvalue weighted by molar-refractivity contribution is -0.146. The van der Waals surface area contributed by atoms with Crippen LogP contribution in [-0.2, 0) is 28.9 Å². The molecule has 1 aromatic carbocycles. The van der Waals surface area contributed by atoms with Crippen molar-refractivity contribution in [3.8, 4) is 0 Å². The van der Waals surface area contributed by atoms with E-state index in [-0.39, 0.29) is 5.91 Å². The van der Waals surface area contributed by atoms with Gasteiger partial charge in [0.25, 0.3) is 5.91 Å². The third-order valence-electron chi connectivity index (χ3n) is 6.47. The Morgan fingerprint density at radius 3 is 2.97 bits per heavy atom. The highest BCUT2D eigenvalue weighted by Gasteiger charge is 2.33. The summed E-state index contributed by atoms with van der Waals surface area (Å²) < 4.78 is 5.89. The number of carbonyl (C=O) groups excluding carboxylic acids is 1.